The van der Waals surface area contributed by atoms with Crippen molar-refractivity contribution in [3.63, 3.8) is 0 Å². The summed E-state index contributed by atoms with van der Waals surface area (Å²) in [4.78, 5) is 12.5. The van der Waals surface area contributed by atoms with E-state index in [0.29, 0.717) is 11.5 Å². The number of rotatable bonds is 2. The van der Waals surface area contributed by atoms with Crippen LogP contribution in [0.5, 0.6) is 11.5 Å². The number of para-hydroxylation sites is 2. The first kappa shape index (κ1) is 15.3. The molecule has 120 valence electrons. The summed E-state index contributed by atoms with van der Waals surface area (Å²) in [5.41, 5.74) is 1.49. The Hall–Kier alpha value is -2.57. The average Bonchev–Trinajstić information content (AvgIpc) is 2.57. The number of hydroxylamine groups is 2. The molecule has 2 aromatic carbocycles. The van der Waals surface area contributed by atoms with E-state index in [1.807, 2.05) is 48.5 Å². The van der Waals surface area contributed by atoms with Gasteiger partial charge in [-0.15, -0.1) is 0 Å². The maximum Gasteiger partial charge on any atom is 0.358 e. The molecule has 6 heteroatoms. The molecule has 6 nitrogen and oxygen atoms in total. The summed E-state index contributed by atoms with van der Waals surface area (Å²) in [6, 6.07) is 13.6. The molecule has 1 aliphatic rings. The van der Waals surface area contributed by atoms with Crippen LogP contribution in [0.15, 0.2) is 48.5 Å². The quantitative estimate of drug-likeness (QED) is 0.684. The predicted octanol–water partition coefficient (Wildman–Crippen LogP) is 3.10. The van der Waals surface area contributed by atoms with Gasteiger partial charge in [0.05, 0.1) is 0 Å². The third-order valence-electron chi connectivity index (χ3n) is 3.96. The molecule has 1 N–H and O–H groups in total. The van der Waals surface area contributed by atoms with Crippen LogP contribution in [-0.4, -0.2) is 47.5 Å². The molecule has 1 aliphatic heterocycles. The fourth-order valence-corrected chi connectivity index (χ4v) is 2.58. The molecule has 1 heterocycles. The van der Waals surface area contributed by atoms with Crippen molar-refractivity contribution in [2.24, 2.45) is 0 Å². The van der Waals surface area contributed by atoms with Crippen LogP contribution in [-0.2, 0) is 0 Å². The van der Waals surface area contributed by atoms with Crippen molar-refractivity contribution >= 4 is 6.03 Å². The molecule has 0 aromatic heterocycles. The molecule has 0 radical (unpaired) electrons. The van der Waals surface area contributed by atoms with Crippen LogP contribution in [0.25, 0.3) is 0 Å². The van der Waals surface area contributed by atoms with Crippen LogP contribution in [0.4, 0.5) is 4.79 Å². The molecule has 23 heavy (non-hydrogen) atoms. The van der Waals surface area contributed by atoms with E-state index in [-0.39, 0.29) is 0 Å². The number of carbonyl (C=O) groups is 1. The minimum Gasteiger partial charge on any atom is -0.457 e. The summed E-state index contributed by atoms with van der Waals surface area (Å²) in [6.45, 7) is 0. The van der Waals surface area contributed by atoms with Gasteiger partial charge in [-0.1, -0.05) is 36.4 Å². The minimum atomic E-state index is -0.619. The van der Waals surface area contributed by atoms with E-state index in [0.717, 1.165) is 16.2 Å². The summed E-state index contributed by atoms with van der Waals surface area (Å²) in [5.74, 6) is 1.27. The monoisotopic (exact) mass is 313 g/mol. The zero-order chi connectivity index (χ0) is 16.6. The molecule has 0 spiro atoms. The number of fused-ring (bicyclic) bond motifs is 2. The van der Waals surface area contributed by atoms with Gasteiger partial charge in [0.1, 0.15) is 17.5 Å². The van der Waals surface area contributed by atoms with Crippen LogP contribution in [0, 0.1) is 0 Å². The van der Waals surface area contributed by atoms with E-state index in [1.54, 1.807) is 26.2 Å². The van der Waals surface area contributed by atoms with Crippen molar-refractivity contribution in [3.05, 3.63) is 59.7 Å². The van der Waals surface area contributed by atoms with E-state index >= 15 is 0 Å². The summed E-state index contributed by atoms with van der Waals surface area (Å²) in [5, 5.41) is 14.3. The smallest absolute Gasteiger partial charge is 0.358 e. The lowest BCUT2D eigenvalue weighted by Gasteiger charge is -2.35. The lowest BCUT2D eigenvalue weighted by molar-refractivity contribution is -0.0966. The molecule has 0 fully saturated rings. The summed E-state index contributed by atoms with van der Waals surface area (Å²) >= 11 is 0. The number of hydrogen-bond acceptors (Lipinski definition) is 4. The second kappa shape index (κ2) is 5.91. The maximum atomic E-state index is 12.5. The Bertz CT molecular complexity index is 687. The first-order chi connectivity index (χ1) is 11.0. The molecule has 2 aromatic rings. The second-order valence-corrected chi connectivity index (χ2v) is 5.58. The van der Waals surface area contributed by atoms with Crippen LogP contribution >= 0.6 is 0 Å². The highest BCUT2D eigenvalue weighted by Crippen LogP contribution is 2.45. The van der Waals surface area contributed by atoms with Gasteiger partial charge in [-0.05, 0) is 12.1 Å². The lowest BCUT2D eigenvalue weighted by atomic mass is 9.94. The van der Waals surface area contributed by atoms with Crippen molar-refractivity contribution in [1.82, 2.24) is 15.1 Å². The van der Waals surface area contributed by atoms with Crippen molar-refractivity contribution in [1.29, 1.82) is 0 Å². The first-order valence-electron chi connectivity index (χ1n) is 7.29. The molecule has 0 saturated heterocycles. The van der Waals surface area contributed by atoms with Gasteiger partial charge in [0, 0.05) is 32.3 Å². The molecule has 0 unspecified atom stereocenters. The number of hydrazine groups is 1. The highest BCUT2D eigenvalue weighted by Gasteiger charge is 2.35. The van der Waals surface area contributed by atoms with Crippen LogP contribution in [0.1, 0.15) is 17.2 Å². The molecule has 0 saturated carbocycles. The van der Waals surface area contributed by atoms with Gasteiger partial charge in [-0.3, -0.25) is 10.2 Å². The maximum absolute atomic E-state index is 12.5. The highest BCUT2D eigenvalue weighted by atomic mass is 16.5. The highest BCUT2D eigenvalue weighted by molar-refractivity contribution is 5.74. The third-order valence-corrected chi connectivity index (χ3v) is 3.96. The van der Waals surface area contributed by atoms with Gasteiger partial charge >= 0.3 is 6.03 Å². The number of benzene rings is 2. The Labute approximate surface area is 135 Å². The molecular formula is C17H19N3O3. The topological polar surface area (TPSA) is 56.2 Å². The van der Waals surface area contributed by atoms with Crippen LogP contribution in [0.3, 0.4) is 0 Å². The Morgan fingerprint density at radius 2 is 1.43 bits per heavy atom. The number of hydrogen-bond donors (Lipinski definition) is 1. The van der Waals surface area contributed by atoms with Gasteiger partial charge in [0.15, 0.2) is 0 Å². The lowest BCUT2D eigenvalue weighted by Crippen LogP contribution is -2.47. The van der Waals surface area contributed by atoms with E-state index in [4.69, 9.17) is 4.74 Å². The zero-order valence-corrected chi connectivity index (χ0v) is 13.3. The molecule has 2 amide bonds. The second-order valence-electron chi connectivity index (χ2n) is 5.58. The molecule has 0 atom stereocenters. The Kier molecular flexibility index (Phi) is 3.94. The SMILES string of the molecule is CN(C)N(C)C(=O)N(O)C1c2ccccc2Oc2ccccc21. The molecule has 0 aliphatic carbocycles. The molecule has 0 bridgehead atoms. The minimum absolute atomic E-state index is 0.522. The summed E-state index contributed by atoms with van der Waals surface area (Å²) < 4.78 is 5.87. The Balaban J connectivity index is 2.06. The Morgan fingerprint density at radius 1 is 0.957 bits per heavy atom. The summed E-state index contributed by atoms with van der Waals surface area (Å²) in [6.07, 6.45) is 0. The summed E-state index contributed by atoms with van der Waals surface area (Å²) in [7, 11) is 5.07. The van der Waals surface area contributed by atoms with Gasteiger partial charge < -0.3 is 4.74 Å². The largest absolute Gasteiger partial charge is 0.457 e. The van der Waals surface area contributed by atoms with Crippen molar-refractivity contribution in [2.45, 2.75) is 6.04 Å². The first-order valence-corrected chi connectivity index (χ1v) is 7.29. The van der Waals surface area contributed by atoms with E-state index in [9.17, 15) is 10.0 Å². The van der Waals surface area contributed by atoms with Gasteiger partial charge in [0.2, 0.25) is 0 Å². The van der Waals surface area contributed by atoms with Crippen molar-refractivity contribution in [3.8, 4) is 11.5 Å². The normalized spacial score (nSPS) is 13.1. The predicted molar refractivity (Wildman–Crippen MR) is 85.3 cm³/mol. The third kappa shape index (κ3) is 2.62. The number of amides is 2. The average molecular weight is 313 g/mol. The number of carbonyl (C=O) groups excluding carboxylic acids is 1. The van der Waals surface area contributed by atoms with Crippen LogP contribution in [0.2, 0.25) is 0 Å². The number of ether oxygens (including phenoxy) is 1. The van der Waals surface area contributed by atoms with Crippen molar-refractivity contribution < 1.29 is 14.7 Å². The van der Waals surface area contributed by atoms with Crippen LogP contribution < -0.4 is 4.74 Å². The van der Waals surface area contributed by atoms with Gasteiger partial charge in [-0.25, -0.2) is 9.80 Å². The van der Waals surface area contributed by atoms with Crippen molar-refractivity contribution in [2.75, 3.05) is 21.1 Å². The standard InChI is InChI=1S/C17H19N3O3/c1-18(2)19(3)17(21)20(22)16-12-8-4-6-10-14(12)23-15-11-7-5-9-13(15)16/h4-11,16,22H,1-3H3. The Morgan fingerprint density at radius 3 is 1.91 bits per heavy atom. The number of nitrogens with zero attached hydrogens (tertiary/aromatic N) is 3. The fourth-order valence-electron chi connectivity index (χ4n) is 2.58. The van der Waals surface area contributed by atoms with Gasteiger partial charge in [-0.2, -0.15) is 5.06 Å². The van der Waals surface area contributed by atoms with E-state index in [2.05, 4.69) is 0 Å². The van der Waals surface area contributed by atoms with Gasteiger partial charge in [0.25, 0.3) is 0 Å². The van der Waals surface area contributed by atoms with E-state index in [1.165, 1.54) is 5.01 Å². The number of urea groups is 1. The zero-order valence-electron chi connectivity index (χ0n) is 13.3. The molecular weight excluding hydrogens is 294 g/mol. The fraction of sp³-hybridized carbons (Fsp3) is 0.235. The van der Waals surface area contributed by atoms with E-state index < -0.39 is 12.1 Å². The molecule has 3 rings (SSSR count).